The van der Waals surface area contributed by atoms with E-state index in [-0.39, 0.29) is 18.3 Å². The van der Waals surface area contributed by atoms with Gasteiger partial charge in [-0.3, -0.25) is 9.69 Å². The average Bonchev–Trinajstić information content (AvgIpc) is 3.10. The second kappa shape index (κ2) is 10.7. The molecule has 4 rings (SSSR count). The van der Waals surface area contributed by atoms with Gasteiger partial charge in [0.15, 0.2) is 0 Å². The first-order valence-corrected chi connectivity index (χ1v) is 11.3. The molecule has 168 valence electrons. The van der Waals surface area contributed by atoms with E-state index in [1.54, 1.807) is 6.07 Å². The number of hydrogen-bond acceptors (Lipinski definition) is 5. The maximum Gasteiger partial charge on any atom is 0.341 e. The zero-order valence-corrected chi connectivity index (χ0v) is 20.3. The highest BCUT2D eigenvalue weighted by molar-refractivity contribution is 7.17. The Morgan fingerprint density at radius 2 is 1.81 bits per heavy atom. The molecule has 1 aliphatic heterocycles. The number of amides is 1. The van der Waals surface area contributed by atoms with E-state index >= 15 is 0 Å². The molecule has 2 aromatic carbocycles. The number of carbonyl (C=O) groups is 2. The molecule has 2 heterocycles. The van der Waals surface area contributed by atoms with Crippen molar-refractivity contribution in [1.82, 2.24) is 4.90 Å². The Labute approximate surface area is 206 Å². The summed E-state index contributed by atoms with van der Waals surface area (Å²) < 4.78 is 5.01. The summed E-state index contributed by atoms with van der Waals surface area (Å²) in [6.07, 6.45) is 0.710. The van der Waals surface area contributed by atoms with Crippen molar-refractivity contribution in [2.45, 2.75) is 19.5 Å². The Bertz CT molecular complexity index is 1110. The van der Waals surface area contributed by atoms with Crippen LogP contribution in [0.15, 0.2) is 48.5 Å². The largest absolute Gasteiger partial charge is 0.465 e. The molecular formula is C23H21Cl3N2O3S. The zero-order chi connectivity index (χ0) is 22.0. The van der Waals surface area contributed by atoms with Crippen molar-refractivity contribution in [3.05, 3.63) is 85.7 Å². The van der Waals surface area contributed by atoms with Crippen LogP contribution in [0.5, 0.6) is 0 Å². The van der Waals surface area contributed by atoms with Crippen molar-refractivity contribution in [3.63, 3.8) is 0 Å². The fourth-order valence-corrected chi connectivity index (χ4v) is 5.50. The first-order valence-electron chi connectivity index (χ1n) is 9.71. The van der Waals surface area contributed by atoms with Crippen molar-refractivity contribution < 1.29 is 14.3 Å². The maximum absolute atomic E-state index is 12.8. The van der Waals surface area contributed by atoms with Crippen LogP contribution in [-0.2, 0) is 24.2 Å². The molecule has 0 spiro atoms. The fraction of sp³-hybridized carbons (Fsp3) is 0.217. The third-order valence-corrected chi connectivity index (χ3v) is 6.69. The lowest BCUT2D eigenvalue weighted by atomic mass is 10.0. The first kappa shape index (κ1) is 24.6. The van der Waals surface area contributed by atoms with Crippen LogP contribution < -0.4 is 5.32 Å². The van der Waals surface area contributed by atoms with Gasteiger partial charge in [-0.05, 0) is 35.7 Å². The van der Waals surface area contributed by atoms with Crippen LogP contribution in [0.25, 0.3) is 0 Å². The third kappa shape index (κ3) is 5.45. The van der Waals surface area contributed by atoms with E-state index in [1.807, 2.05) is 18.2 Å². The molecule has 0 unspecified atom stereocenters. The molecule has 0 saturated carbocycles. The number of benzene rings is 2. The molecule has 3 aromatic rings. The smallest absolute Gasteiger partial charge is 0.341 e. The van der Waals surface area contributed by atoms with Gasteiger partial charge in [-0.1, -0.05) is 53.5 Å². The predicted octanol–water partition coefficient (Wildman–Crippen LogP) is 6.07. The number of halogens is 3. The molecule has 5 nitrogen and oxygen atoms in total. The van der Waals surface area contributed by atoms with Gasteiger partial charge in [-0.25, -0.2) is 4.79 Å². The minimum absolute atomic E-state index is 0. The molecule has 0 aliphatic carbocycles. The summed E-state index contributed by atoms with van der Waals surface area (Å²) in [5, 5.41) is 4.08. The van der Waals surface area contributed by atoms with Gasteiger partial charge in [0.2, 0.25) is 0 Å². The SMILES string of the molecule is COC(=O)c1c(NC(=O)c2cc(Cl)cc(Cl)c2)sc2c1CCN(Cc1ccccc1)C2.Cl. The lowest BCUT2D eigenvalue weighted by molar-refractivity contribution is 0.0600. The van der Waals surface area contributed by atoms with Crippen molar-refractivity contribution in [1.29, 1.82) is 0 Å². The number of anilines is 1. The van der Waals surface area contributed by atoms with Gasteiger partial charge >= 0.3 is 5.97 Å². The summed E-state index contributed by atoms with van der Waals surface area (Å²) in [6, 6.07) is 14.9. The topological polar surface area (TPSA) is 58.6 Å². The number of esters is 1. The second-order valence-electron chi connectivity index (χ2n) is 7.26. The average molecular weight is 512 g/mol. The monoisotopic (exact) mass is 510 g/mol. The zero-order valence-electron chi connectivity index (χ0n) is 17.2. The number of nitrogens with zero attached hydrogens (tertiary/aromatic N) is 1. The number of methoxy groups -OCH3 is 1. The van der Waals surface area contributed by atoms with E-state index in [1.165, 1.54) is 36.1 Å². The molecular weight excluding hydrogens is 491 g/mol. The Morgan fingerprint density at radius 3 is 2.47 bits per heavy atom. The minimum atomic E-state index is -0.451. The van der Waals surface area contributed by atoms with Gasteiger partial charge in [0.05, 0.1) is 12.7 Å². The van der Waals surface area contributed by atoms with Crippen molar-refractivity contribution in [3.8, 4) is 0 Å². The van der Waals surface area contributed by atoms with Gasteiger partial charge < -0.3 is 10.1 Å². The molecule has 1 amide bonds. The number of carbonyl (C=O) groups excluding carboxylic acids is 2. The van der Waals surface area contributed by atoms with Crippen LogP contribution in [0, 0.1) is 0 Å². The number of nitrogens with one attached hydrogen (secondary N) is 1. The standard InChI is InChI=1S/C23H20Cl2N2O3S.ClH/c1-30-23(29)20-18-7-8-27(12-14-5-3-2-4-6-14)13-19(18)31-22(20)26-21(28)15-9-16(24)11-17(25)10-15;/h2-6,9-11H,7-8,12-13H2,1H3,(H,26,28);1H. The van der Waals surface area contributed by atoms with E-state index in [0.29, 0.717) is 39.1 Å². The number of rotatable bonds is 5. The van der Waals surface area contributed by atoms with Crippen LogP contribution in [0.1, 0.15) is 36.7 Å². The lowest BCUT2D eigenvalue weighted by Gasteiger charge is -2.27. The third-order valence-electron chi connectivity index (χ3n) is 5.13. The lowest BCUT2D eigenvalue weighted by Crippen LogP contribution is -2.29. The van der Waals surface area contributed by atoms with Crippen molar-refractivity contribution >= 4 is 63.8 Å². The van der Waals surface area contributed by atoms with E-state index in [4.69, 9.17) is 27.9 Å². The van der Waals surface area contributed by atoms with Crippen LogP contribution in [0.2, 0.25) is 10.0 Å². The number of hydrogen-bond donors (Lipinski definition) is 1. The summed E-state index contributed by atoms with van der Waals surface area (Å²) in [6.45, 7) is 2.35. The van der Waals surface area contributed by atoms with Crippen LogP contribution >= 0.6 is 46.9 Å². The molecule has 9 heteroatoms. The van der Waals surface area contributed by atoms with Crippen molar-refractivity contribution in [2.75, 3.05) is 19.0 Å². The maximum atomic E-state index is 12.8. The van der Waals surface area contributed by atoms with Gasteiger partial charge in [-0.2, -0.15) is 0 Å². The van der Waals surface area contributed by atoms with E-state index < -0.39 is 5.97 Å². The summed E-state index contributed by atoms with van der Waals surface area (Å²) in [4.78, 5) is 28.7. The second-order valence-corrected chi connectivity index (χ2v) is 9.24. The Kier molecular flexibility index (Phi) is 8.20. The van der Waals surface area contributed by atoms with Crippen molar-refractivity contribution in [2.24, 2.45) is 0 Å². The molecule has 1 aromatic heterocycles. The van der Waals surface area contributed by atoms with E-state index in [9.17, 15) is 9.59 Å². The fourth-order valence-electron chi connectivity index (χ4n) is 3.70. The summed E-state index contributed by atoms with van der Waals surface area (Å²) in [7, 11) is 1.35. The predicted molar refractivity (Wildman–Crippen MR) is 132 cm³/mol. The van der Waals surface area contributed by atoms with Gasteiger partial charge in [0, 0.05) is 40.1 Å². The normalized spacial score (nSPS) is 13.1. The minimum Gasteiger partial charge on any atom is -0.465 e. The Morgan fingerprint density at radius 1 is 1.12 bits per heavy atom. The van der Waals surface area contributed by atoms with Gasteiger partial charge in [-0.15, -0.1) is 23.7 Å². The summed E-state index contributed by atoms with van der Waals surface area (Å²) in [5.41, 5.74) is 2.94. The molecule has 1 aliphatic rings. The van der Waals surface area contributed by atoms with Gasteiger partial charge in [0.25, 0.3) is 5.91 Å². The molecule has 1 N–H and O–H groups in total. The van der Waals surface area contributed by atoms with Crippen LogP contribution in [-0.4, -0.2) is 30.4 Å². The van der Waals surface area contributed by atoms with Gasteiger partial charge in [0.1, 0.15) is 5.00 Å². The molecule has 0 saturated heterocycles. The van der Waals surface area contributed by atoms with Crippen LogP contribution in [0.3, 0.4) is 0 Å². The molecule has 0 bridgehead atoms. The summed E-state index contributed by atoms with van der Waals surface area (Å²) >= 11 is 13.5. The van der Waals surface area contributed by atoms with E-state index in [2.05, 4.69) is 22.3 Å². The molecule has 0 fully saturated rings. The number of ether oxygens (including phenoxy) is 1. The number of fused-ring (bicyclic) bond motifs is 1. The Hall–Kier alpha value is -2.09. The highest BCUT2D eigenvalue weighted by atomic mass is 35.5. The molecule has 0 radical (unpaired) electrons. The van der Waals surface area contributed by atoms with Crippen LogP contribution in [0.4, 0.5) is 5.00 Å². The van der Waals surface area contributed by atoms with E-state index in [0.717, 1.165) is 23.5 Å². The Balaban J connectivity index is 0.00000289. The molecule has 32 heavy (non-hydrogen) atoms. The quantitative estimate of drug-likeness (QED) is 0.422. The highest BCUT2D eigenvalue weighted by Gasteiger charge is 2.29. The highest BCUT2D eigenvalue weighted by Crippen LogP contribution is 2.38. The summed E-state index contributed by atoms with van der Waals surface area (Å²) in [5.74, 6) is -0.831. The first-order chi connectivity index (χ1) is 14.9. The molecule has 0 atom stereocenters. The number of thiophene rings is 1.